The maximum Gasteiger partial charge on any atom is 0.159 e. The fourth-order valence-corrected chi connectivity index (χ4v) is 12.9. The van der Waals surface area contributed by atoms with E-state index in [1.807, 2.05) is 6.07 Å². The molecule has 1 aliphatic rings. The number of aromatic nitrogens is 3. The first-order valence-corrected chi connectivity index (χ1v) is 27.2. The smallest absolute Gasteiger partial charge is 0.159 e. The minimum Gasteiger partial charge on any atom is -0.456 e. The van der Waals surface area contributed by atoms with Crippen LogP contribution in [0.4, 0.5) is 0 Å². The molecule has 7 nitrogen and oxygen atoms in total. The number of furan rings is 1. The molecular formula is C73H46N6O. The topological polar surface area (TPSA) is 64.7 Å². The van der Waals surface area contributed by atoms with Crippen LogP contribution in [-0.4, -0.2) is 25.4 Å². The number of hydrogen-bond acceptors (Lipinski definition) is 4. The molecule has 1 unspecified atom stereocenters. The van der Waals surface area contributed by atoms with Crippen LogP contribution in [0, 0.1) is 0 Å². The first kappa shape index (κ1) is 44.4. The van der Waals surface area contributed by atoms with Gasteiger partial charge in [-0.25, -0.2) is 9.98 Å². The summed E-state index contributed by atoms with van der Waals surface area (Å²) in [5.41, 5.74) is 16.8. The lowest BCUT2D eigenvalue weighted by Gasteiger charge is -2.24. The van der Waals surface area contributed by atoms with Crippen LogP contribution in [-0.2, 0) is 0 Å². The number of nitrogens with one attached hydrogen (secondary N) is 1. The lowest BCUT2D eigenvalue weighted by molar-refractivity contribution is 0.669. The molecular weight excluding hydrogens is 977 g/mol. The Morgan fingerprint density at radius 2 is 0.887 bits per heavy atom. The average Bonchev–Trinajstić information content (AvgIpc) is 4.37. The van der Waals surface area contributed by atoms with E-state index in [9.17, 15) is 0 Å². The summed E-state index contributed by atoms with van der Waals surface area (Å²) >= 11 is 0. The Morgan fingerprint density at radius 3 is 1.59 bits per heavy atom. The number of amidine groups is 2. The summed E-state index contributed by atoms with van der Waals surface area (Å²) in [5, 5.41) is 15.5. The van der Waals surface area contributed by atoms with Crippen LogP contribution < -0.4 is 5.32 Å². The first-order chi connectivity index (χ1) is 39.7. The van der Waals surface area contributed by atoms with E-state index in [1.54, 1.807) is 0 Å². The van der Waals surface area contributed by atoms with Crippen LogP contribution in [0.15, 0.2) is 281 Å². The van der Waals surface area contributed by atoms with Gasteiger partial charge in [0.05, 0.1) is 38.8 Å². The minimum absolute atomic E-state index is 0.489. The van der Waals surface area contributed by atoms with Gasteiger partial charge in [-0.1, -0.05) is 152 Å². The molecule has 7 heteroatoms. The number of benzene rings is 12. The van der Waals surface area contributed by atoms with E-state index >= 15 is 0 Å². The van der Waals surface area contributed by atoms with E-state index in [2.05, 4.69) is 280 Å². The fourth-order valence-electron chi connectivity index (χ4n) is 12.9. The molecule has 0 bridgehead atoms. The molecule has 5 heterocycles. The lowest BCUT2D eigenvalue weighted by atomic mass is 9.95. The quantitative estimate of drug-likeness (QED) is 0.173. The van der Waals surface area contributed by atoms with Crippen LogP contribution in [0.2, 0.25) is 0 Å². The van der Waals surface area contributed by atoms with Gasteiger partial charge in [-0.2, -0.15) is 0 Å². The van der Waals surface area contributed by atoms with Crippen molar-refractivity contribution in [2.75, 3.05) is 0 Å². The van der Waals surface area contributed by atoms with E-state index < -0.39 is 6.17 Å². The predicted octanol–water partition coefficient (Wildman–Crippen LogP) is 18.2. The summed E-state index contributed by atoms with van der Waals surface area (Å²) in [5.74, 6) is 1.38. The number of para-hydroxylation sites is 6. The maximum atomic E-state index is 6.61. The Morgan fingerprint density at radius 1 is 0.350 bits per heavy atom. The molecule has 4 aromatic heterocycles. The van der Waals surface area contributed by atoms with E-state index in [0.717, 1.165) is 117 Å². The van der Waals surface area contributed by atoms with Crippen LogP contribution in [0.1, 0.15) is 22.9 Å². The van der Waals surface area contributed by atoms with E-state index in [-0.39, 0.29) is 0 Å². The zero-order chi connectivity index (χ0) is 52.4. The first-order valence-electron chi connectivity index (χ1n) is 27.2. The second-order valence-corrected chi connectivity index (χ2v) is 20.9. The minimum atomic E-state index is -0.489. The van der Waals surface area contributed by atoms with Crippen LogP contribution in [0.25, 0.3) is 126 Å². The van der Waals surface area contributed by atoms with Crippen molar-refractivity contribution in [1.82, 2.24) is 19.0 Å². The van der Waals surface area contributed by atoms with Crippen molar-refractivity contribution in [3.05, 3.63) is 284 Å². The fraction of sp³-hybridized carbons (Fsp3) is 0.0137. The normalized spacial score (nSPS) is 13.9. The third-order valence-electron chi connectivity index (χ3n) is 16.5. The highest BCUT2D eigenvalue weighted by Gasteiger charge is 2.27. The van der Waals surface area contributed by atoms with Gasteiger partial charge in [0.2, 0.25) is 0 Å². The molecule has 16 aromatic rings. The van der Waals surface area contributed by atoms with Gasteiger partial charge in [-0.05, 0) is 137 Å². The number of rotatable bonds is 7. The maximum absolute atomic E-state index is 6.61. The largest absolute Gasteiger partial charge is 0.456 e. The monoisotopic (exact) mass is 1020 g/mol. The number of hydrogen-bond donors (Lipinski definition) is 1. The summed E-state index contributed by atoms with van der Waals surface area (Å²) in [4.78, 5) is 11.2. The Balaban J connectivity index is 0.910. The molecule has 1 atom stereocenters. The zero-order valence-electron chi connectivity index (χ0n) is 43.1. The summed E-state index contributed by atoms with van der Waals surface area (Å²) in [6.45, 7) is 0. The Kier molecular flexibility index (Phi) is 9.64. The predicted molar refractivity (Wildman–Crippen MR) is 332 cm³/mol. The van der Waals surface area contributed by atoms with E-state index in [1.165, 1.54) is 32.3 Å². The van der Waals surface area contributed by atoms with Crippen molar-refractivity contribution in [3.63, 3.8) is 0 Å². The molecule has 0 radical (unpaired) electrons. The molecule has 0 amide bonds. The molecule has 0 spiro atoms. The molecule has 0 fully saturated rings. The van der Waals surface area contributed by atoms with Crippen molar-refractivity contribution in [2.24, 2.45) is 9.98 Å². The van der Waals surface area contributed by atoms with Gasteiger partial charge in [0.15, 0.2) is 5.84 Å². The molecule has 1 N–H and O–H groups in total. The van der Waals surface area contributed by atoms with E-state index in [4.69, 9.17) is 14.4 Å². The van der Waals surface area contributed by atoms with Gasteiger partial charge in [0.1, 0.15) is 23.2 Å². The zero-order valence-corrected chi connectivity index (χ0v) is 43.1. The Hall–Kier alpha value is -10.8. The molecule has 0 saturated carbocycles. The van der Waals surface area contributed by atoms with Gasteiger partial charge >= 0.3 is 0 Å². The van der Waals surface area contributed by atoms with Gasteiger partial charge in [0.25, 0.3) is 0 Å². The van der Waals surface area contributed by atoms with Gasteiger partial charge in [0, 0.05) is 71.2 Å². The van der Waals surface area contributed by atoms with Crippen LogP contribution >= 0.6 is 0 Å². The molecule has 80 heavy (non-hydrogen) atoms. The van der Waals surface area contributed by atoms with Gasteiger partial charge in [-0.15, -0.1) is 0 Å². The molecule has 0 aliphatic carbocycles. The molecule has 0 saturated heterocycles. The van der Waals surface area contributed by atoms with Crippen molar-refractivity contribution < 1.29 is 4.42 Å². The Labute approximate surface area is 458 Å². The second kappa shape index (κ2) is 17.4. The van der Waals surface area contributed by atoms with Crippen molar-refractivity contribution >= 4 is 110 Å². The third-order valence-corrected chi connectivity index (χ3v) is 16.5. The number of aliphatic imine (C=N–C) groups is 2. The van der Waals surface area contributed by atoms with Crippen molar-refractivity contribution in [3.8, 4) is 28.2 Å². The summed E-state index contributed by atoms with van der Waals surface area (Å²) in [6.07, 6.45) is -0.489. The van der Waals surface area contributed by atoms with Gasteiger partial charge in [-0.3, -0.25) is 0 Å². The molecule has 374 valence electrons. The molecule has 1 aliphatic heterocycles. The van der Waals surface area contributed by atoms with Crippen LogP contribution in [0.3, 0.4) is 0 Å². The van der Waals surface area contributed by atoms with Crippen molar-refractivity contribution in [1.29, 1.82) is 0 Å². The van der Waals surface area contributed by atoms with Gasteiger partial charge < -0.3 is 23.4 Å². The SMILES string of the molecule is c1ccc(-n2c3ccccc3c3cc(C4=NC(c5ccc(-n6c7ccccc7c7cc8ccccc8cc76)c(-c6cccc7oc8ccccc8c67)c5)=NC(c5ccc6c(c5)c5ccccc5n6-c5ccccc5)N4)ccc32)cc1. The highest BCUT2D eigenvalue weighted by atomic mass is 16.3. The molecule has 12 aromatic carbocycles. The van der Waals surface area contributed by atoms with E-state index in [0.29, 0.717) is 5.84 Å². The number of fused-ring (bicyclic) bond motifs is 13. The summed E-state index contributed by atoms with van der Waals surface area (Å²) < 4.78 is 13.8. The average molecular weight is 1020 g/mol. The summed E-state index contributed by atoms with van der Waals surface area (Å²) in [7, 11) is 0. The third kappa shape index (κ3) is 6.74. The highest BCUT2D eigenvalue weighted by molar-refractivity contribution is 6.20. The standard InChI is InChI=1S/C73H46N6O/c1-3-20-50(21-4-1)77-61-29-13-9-24-52(61)57-41-47(34-37-64(57)77)71-74-72(48-35-38-65-58(42-48)53-25-10-14-30-62(53)78(65)51-22-5-2-6-23-51)76-73(75-71)49-36-39-66(60(43-49)55-28-17-33-69-70(55)56-27-12-16-32-68(56)80-69)79-63-31-15-11-26-54(63)59-40-45-18-7-8-19-46(45)44-67(59)79/h1-44,71H,(H,74,75,76). The Bertz CT molecular complexity index is 5290. The van der Waals surface area contributed by atoms with Crippen molar-refractivity contribution in [2.45, 2.75) is 6.17 Å². The van der Waals surface area contributed by atoms with Crippen LogP contribution in [0.5, 0.6) is 0 Å². The molecule has 17 rings (SSSR count). The lowest BCUT2D eigenvalue weighted by Crippen LogP contribution is -2.33. The second-order valence-electron chi connectivity index (χ2n) is 20.9. The summed E-state index contributed by atoms with van der Waals surface area (Å²) in [6, 6.07) is 95.8. The highest BCUT2D eigenvalue weighted by Crippen LogP contribution is 2.44. The number of nitrogens with zero attached hydrogens (tertiary/aromatic N) is 5.